The van der Waals surface area contributed by atoms with Gasteiger partial charge >= 0.3 is 0 Å². The van der Waals surface area contributed by atoms with Gasteiger partial charge in [0, 0.05) is 12.1 Å². The zero-order valence-electron chi connectivity index (χ0n) is 18.8. The molecule has 3 aromatic rings. The van der Waals surface area contributed by atoms with Crippen LogP contribution in [-0.2, 0) is 35.7 Å². The Balaban J connectivity index is 1.28. The number of nitrogens with one attached hydrogen (secondary N) is 1. The third-order valence-corrected chi connectivity index (χ3v) is 5.36. The average Bonchev–Trinajstić information content (AvgIpc) is 2.85. The van der Waals surface area contributed by atoms with Gasteiger partial charge in [0.15, 0.2) is 0 Å². The van der Waals surface area contributed by atoms with Crippen molar-refractivity contribution >= 4 is 0 Å². The van der Waals surface area contributed by atoms with Crippen molar-refractivity contribution in [2.45, 2.75) is 32.3 Å². The van der Waals surface area contributed by atoms with Gasteiger partial charge in [0.25, 0.3) is 0 Å². The first kappa shape index (κ1) is 24.9. The third kappa shape index (κ3) is 8.61. The highest BCUT2D eigenvalue weighted by atomic mass is 16.5. The number of hydrogen-bond donors (Lipinski definition) is 4. The van der Waals surface area contributed by atoms with E-state index in [9.17, 15) is 15.3 Å². The summed E-state index contributed by atoms with van der Waals surface area (Å²) in [6.07, 6.45) is 0.144. The van der Waals surface area contributed by atoms with Crippen LogP contribution >= 0.6 is 0 Å². The number of ether oxygens (including phenoxy) is 2. The zero-order valence-corrected chi connectivity index (χ0v) is 18.8. The molecule has 0 saturated carbocycles. The second kappa shape index (κ2) is 13.7. The highest BCUT2D eigenvalue weighted by Gasteiger charge is 2.10. The van der Waals surface area contributed by atoms with Crippen molar-refractivity contribution in [3.05, 3.63) is 101 Å². The highest BCUT2D eigenvalue weighted by Crippen LogP contribution is 2.22. The Hall–Kier alpha value is -2.74. The van der Waals surface area contributed by atoms with Crippen molar-refractivity contribution < 1.29 is 24.8 Å². The van der Waals surface area contributed by atoms with E-state index < -0.39 is 6.10 Å². The summed E-state index contributed by atoms with van der Waals surface area (Å²) in [4.78, 5) is 0. The van der Waals surface area contributed by atoms with Crippen molar-refractivity contribution in [3.63, 3.8) is 0 Å². The number of hydrogen-bond acceptors (Lipinski definition) is 6. The van der Waals surface area contributed by atoms with Crippen LogP contribution < -0.4 is 5.32 Å². The van der Waals surface area contributed by atoms with Crippen LogP contribution in [0.3, 0.4) is 0 Å². The second-order valence-corrected chi connectivity index (χ2v) is 7.92. The van der Waals surface area contributed by atoms with Gasteiger partial charge in [-0.3, -0.25) is 0 Å². The van der Waals surface area contributed by atoms with Gasteiger partial charge in [-0.1, -0.05) is 60.7 Å². The van der Waals surface area contributed by atoms with E-state index in [1.807, 2.05) is 30.3 Å². The predicted molar refractivity (Wildman–Crippen MR) is 128 cm³/mol. The van der Waals surface area contributed by atoms with E-state index in [-0.39, 0.29) is 12.4 Å². The fraction of sp³-hybridized carbons (Fsp3) is 0.333. The van der Waals surface area contributed by atoms with Crippen LogP contribution in [0.1, 0.15) is 33.9 Å². The molecule has 0 unspecified atom stereocenters. The zero-order chi connectivity index (χ0) is 23.3. The molecule has 0 spiro atoms. The summed E-state index contributed by atoms with van der Waals surface area (Å²) in [6.45, 7) is 3.15. The van der Waals surface area contributed by atoms with Gasteiger partial charge in [-0.05, 0) is 47.4 Å². The molecule has 0 amide bonds. The van der Waals surface area contributed by atoms with Gasteiger partial charge in [-0.15, -0.1) is 0 Å². The van der Waals surface area contributed by atoms with E-state index in [1.165, 1.54) is 11.6 Å². The molecule has 0 aliphatic carbocycles. The van der Waals surface area contributed by atoms with Crippen molar-refractivity contribution in [1.29, 1.82) is 0 Å². The van der Waals surface area contributed by atoms with E-state index in [1.54, 1.807) is 12.1 Å². The molecule has 4 N–H and O–H groups in total. The van der Waals surface area contributed by atoms with E-state index in [0.29, 0.717) is 44.1 Å². The van der Waals surface area contributed by atoms with E-state index in [4.69, 9.17) is 9.47 Å². The standard InChI is InChI=1S/C27H33NO5/c29-18-25-16-24(10-11-26(25)30)27(31)17-28-13-12-21-6-8-23(9-7-21)20-33-15-14-32-19-22-4-2-1-3-5-22/h1-11,16,27-31H,12-15,17-20H2/t27-/m0/s1. The topological polar surface area (TPSA) is 91.2 Å². The Morgan fingerprint density at radius 3 is 2.09 bits per heavy atom. The molecule has 6 heteroatoms. The molecule has 3 rings (SSSR count). The molecule has 0 saturated heterocycles. The van der Waals surface area contributed by atoms with Crippen molar-refractivity contribution in [3.8, 4) is 5.75 Å². The Morgan fingerprint density at radius 1 is 0.788 bits per heavy atom. The summed E-state index contributed by atoms with van der Waals surface area (Å²) in [7, 11) is 0. The number of rotatable bonds is 14. The molecule has 33 heavy (non-hydrogen) atoms. The Kier molecular flexibility index (Phi) is 10.4. The summed E-state index contributed by atoms with van der Waals surface area (Å²) >= 11 is 0. The van der Waals surface area contributed by atoms with Crippen LogP contribution in [0.4, 0.5) is 0 Å². The summed E-state index contributed by atoms with van der Waals surface area (Å²) in [5.41, 5.74) is 4.57. The smallest absolute Gasteiger partial charge is 0.121 e. The molecule has 3 aromatic carbocycles. The monoisotopic (exact) mass is 451 g/mol. The van der Waals surface area contributed by atoms with Gasteiger partial charge in [-0.2, -0.15) is 0 Å². The van der Waals surface area contributed by atoms with Crippen LogP contribution in [0.25, 0.3) is 0 Å². The number of aliphatic hydroxyl groups is 2. The minimum Gasteiger partial charge on any atom is -0.508 e. The quantitative estimate of drug-likeness (QED) is 0.281. The lowest BCUT2D eigenvalue weighted by atomic mass is 10.1. The minimum atomic E-state index is -0.702. The first-order valence-electron chi connectivity index (χ1n) is 11.2. The molecule has 0 bridgehead atoms. The van der Waals surface area contributed by atoms with E-state index >= 15 is 0 Å². The Labute approximate surface area is 195 Å². The normalized spacial score (nSPS) is 12.1. The molecule has 0 fully saturated rings. The van der Waals surface area contributed by atoms with Crippen molar-refractivity contribution in [2.24, 2.45) is 0 Å². The first-order chi connectivity index (χ1) is 16.2. The molecule has 0 aliphatic rings. The van der Waals surface area contributed by atoms with Crippen LogP contribution in [0, 0.1) is 0 Å². The summed E-state index contributed by atoms with van der Waals surface area (Å²) in [5.74, 6) is 0.0339. The Morgan fingerprint density at radius 2 is 1.42 bits per heavy atom. The molecule has 0 aromatic heterocycles. The largest absolute Gasteiger partial charge is 0.508 e. The fourth-order valence-electron chi connectivity index (χ4n) is 3.40. The van der Waals surface area contributed by atoms with Crippen molar-refractivity contribution in [1.82, 2.24) is 5.32 Å². The molecule has 0 aliphatic heterocycles. The number of phenols is 1. The van der Waals surface area contributed by atoms with Gasteiger partial charge in [0.1, 0.15) is 5.75 Å². The third-order valence-electron chi connectivity index (χ3n) is 5.36. The van der Waals surface area contributed by atoms with Crippen LogP contribution in [-0.4, -0.2) is 41.6 Å². The molecule has 176 valence electrons. The summed E-state index contributed by atoms with van der Waals surface area (Å²) in [5, 5.41) is 32.4. The van der Waals surface area contributed by atoms with Gasteiger partial charge < -0.3 is 30.1 Å². The lowest BCUT2D eigenvalue weighted by molar-refractivity contribution is 0.0339. The fourth-order valence-corrected chi connectivity index (χ4v) is 3.40. The maximum absolute atomic E-state index is 10.3. The first-order valence-corrected chi connectivity index (χ1v) is 11.2. The molecular formula is C27H33NO5. The van der Waals surface area contributed by atoms with Crippen LogP contribution in [0.2, 0.25) is 0 Å². The van der Waals surface area contributed by atoms with Gasteiger partial charge in [0.05, 0.1) is 39.1 Å². The Bertz CT molecular complexity index is 946. The molecule has 6 nitrogen and oxygen atoms in total. The minimum absolute atomic E-state index is 0.0339. The second-order valence-electron chi connectivity index (χ2n) is 7.92. The lowest BCUT2D eigenvalue weighted by Crippen LogP contribution is -2.23. The van der Waals surface area contributed by atoms with Gasteiger partial charge in [0.2, 0.25) is 0 Å². The predicted octanol–water partition coefficient (Wildman–Crippen LogP) is 3.48. The number of aliphatic hydroxyl groups excluding tert-OH is 2. The highest BCUT2D eigenvalue weighted by molar-refractivity contribution is 5.36. The van der Waals surface area contributed by atoms with Gasteiger partial charge in [-0.25, -0.2) is 0 Å². The maximum atomic E-state index is 10.3. The van der Waals surface area contributed by atoms with E-state index in [0.717, 1.165) is 24.1 Å². The molecular weight excluding hydrogens is 418 g/mol. The number of aromatic hydroxyl groups is 1. The summed E-state index contributed by atoms with van der Waals surface area (Å²) in [6, 6.07) is 23.2. The van der Waals surface area contributed by atoms with Crippen molar-refractivity contribution in [2.75, 3.05) is 26.3 Å². The summed E-state index contributed by atoms with van der Waals surface area (Å²) < 4.78 is 11.3. The molecule has 1 atom stereocenters. The molecule has 0 radical (unpaired) electrons. The average molecular weight is 452 g/mol. The maximum Gasteiger partial charge on any atom is 0.121 e. The SMILES string of the molecule is OCc1cc([C@@H](O)CNCCc2ccc(COCCOCc3ccccc3)cc2)ccc1O. The van der Waals surface area contributed by atoms with Crippen LogP contribution in [0.5, 0.6) is 5.75 Å². The number of benzene rings is 3. The lowest BCUT2D eigenvalue weighted by Gasteiger charge is -2.14. The van der Waals surface area contributed by atoms with Crippen LogP contribution in [0.15, 0.2) is 72.8 Å². The van der Waals surface area contributed by atoms with E-state index in [2.05, 4.69) is 29.6 Å². The molecule has 0 heterocycles.